The smallest absolute Gasteiger partial charge is 0.222 e. The van der Waals surface area contributed by atoms with E-state index in [1.165, 1.54) is 0 Å². The van der Waals surface area contributed by atoms with Crippen LogP contribution >= 0.6 is 11.6 Å². The highest BCUT2D eigenvalue weighted by molar-refractivity contribution is 6.20. The summed E-state index contributed by atoms with van der Waals surface area (Å²) in [6, 6.07) is 0. The fourth-order valence-electron chi connectivity index (χ4n) is 1.45. The van der Waals surface area contributed by atoms with Crippen molar-refractivity contribution in [3.8, 4) is 0 Å². The Labute approximate surface area is 90.1 Å². The van der Waals surface area contributed by atoms with Crippen molar-refractivity contribution in [1.82, 2.24) is 5.32 Å². The van der Waals surface area contributed by atoms with Gasteiger partial charge in [0.05, 0.1) is 17.9 Å². The summed E-state index contributed by atoms with van der Waals surface area (Å²) in [5.41, 5.74) is 0. The number of halogens is 1. The van der Waals surface area contributed by atoms with Crippen molar-refractivity contribution in [2.75, 3.05) is 13.2 Å². The van der Waals surface area contributed by atoms with Crippen LogP contribution in [0.25, 0.3) is 0 Å². The number of nitrogens with one attached hydrogen (secondary N) is 1. The molecule has 82 valence electrons. The maximum Gasteiger partial charge on any atom is 0.222 e. The molecule has 1 heterocycles. The lowest BCUT2D eigenvalue weighted by Gasteiger charge is -2.11. The molecule has 1 amide bonds. The lowest BCUT2D eigenvalue weighted by molar-refractivity contribution is -0.123. The average molecular weight is 220 g/mol. The lowest BCUT2D eigenvalue weighted by Crippen LogP contribution is -2.31. The summed E-state index contributed by atoms with van der Waals surface area (Å²) in [5, 5.41) is 2.85. The topological polar surface area (TPSA) is 38.3 Å². The van der Waals surface area contributed by atoms with Gasteiger partial charge in [-0.15, -0.1) is 11.6 Å². The monoisotopic (exact) mass is 219 g/mol. The molecule has 1 aliphatic heterocycles. The first kappa shape index (κ1) is 11.8. The molecule has 0 bridgehead atoms. The molecule has 1 saturated heterocycles. The Morgan fingerprint density at radius 2 is 2.50 bits per heavy atom. The summed E-state index contributed by atoms with van der Waals surface area (Å²) < 4.78 is 5.36. The van der Waals surface area contributed by atoms with Gasteiger partial charge < -0.3 is 10.1 Å². The van der Waals surface area contributed by atoms with Gasteiger partial charge in [0.15, 0.2) is 0 Å². The van der Waals surface area contributed by atoms with Gasteiger partial charge in [-0.2, -0.15) is 0 Å². The molecule has 1 aliphatic rings. The molecular weight excluding hydrogens is 202 g/mol. The second kappa shape index (κ2) is 6.25. The second-order valence-corrected chi connectivity index (χ2v) is 4.27. The number of hydrogen-bond donors (Lipinski definition) is 1. The number of rotatable bonds is 5. The molecule has 2 atom stereocenters. The van der Waals surface area contributed by atoms with E-state index < -0.39 is 0 Å². The normalized spacial score (nSPS) is 23.4. The predicted octanol–water partition coefficient (Wildman–Crippen LogP) is 1.69. The second-order valence-electron chi connectivity index (χ2n) is 3.65. The van der Waals surface area contributed by atoms with E-state index in [9.17, 15) is 4.79 Å². The Kier molecular flexibility index (Phi) is 5.26. The molecule has 3 nitrogen and oxygen atoms in total. The first-order chi connectivity index (χ1) is 6.72. The fraction of sp³-hybridized carbons (Fsp3) is 0.900. The van der Waals surface area contributed by atoms with Crippen molar-refractivity contribution in [1.29, 1.82) is 0 Å². The molecule has 4 heteroatoms. The summed E-state index contributed by atoms with van der Waals surface area (Å²) in [7, 11) is 0. The molecule has 1 N–H and O–H groups in total. The molecule has 14 heavy (non-hydrogen) atoms. The third-order valence-electron chi connectivity index (χ3n) is 2.40. The molecule has 0 aromatic rings. The van der Waals surface area contributed by atoms with E-state index in [4.69, 9.17) is 16.3 Å². The zero-order chi connectivity index (χ0) is 10.4. The summed E-state index contributed by atoms with van der Waals surface area (Å²) in [6.45, 7) is 3.36. The van der Waals surface area contributed by atoms with Crippen LogP contribution in [0.5, 0.6) is 0 Å². The van der Waals surface area contributed by atoms with Crippen molar-refractivity contribution in [3.63, 3.8) is 0 Å². The Balaban J connectivity index is 2.09. The van der Waals surface area contributed by atoms with E-state index in [1.54, 1.807) is 0 Å². The van der Waals surface area contributed by atoms with E-state index >= 15 is 0 Å². The van der Waals surface area contributed by atoms with Crippen LogP contribution in [0.15, 0.2) is 0 Å². The van der Waals surface area contributed by atoms with Crippen LogP contribution in [-0.2, 0) is 9.53 Å². The first-order valence-corrected chi connectivity index (χ1v) is 5.68. The highest BCUT2D eigenvalue weighted by Crippen LogP contribution is 2.14. The zero-order valence-corrected chi connectivity index (χ0v) is 9.35. The molecule has 1 rings (SSSR count). The Hall–Kier alpha value is -0.280. The van der Waals surface area contributed by atoms with E-state index in [2.05, 4.69) is 5.32 Å². The van der Waals surface area contributed by atoms with Crippen LogP contribution in [0.2, 0.25) is 0 Å². The fourth-order valence-corrected chi connectivity index (χ4v) is 1.53. The van der Waals surface area contributed by atoms with Crippen LogP contribution in [0.3, 0.4) is 0 Å². The minimum absolute atomic E-state index is 0.0449. The number of hydrogen-bond acceptors (Lipinski definition) is 2. The van der Waals surface area contributed by atoms with Gasteiger partial charge >= 0.3 is 0 Å². The maximum absolute atomic E-state index is 11.4. The van der Waals surface area contributed by atoms with E-state index in [0.717, 1.165) is 25.9 Å². The molecule has 1 fully saturated rings. The minimum Gasteiger partial charge on any atom is -0.378 e. The summed E-state index contributed by atoms with van der Waals surface area (Å²) in [4.78, 5) is 11.4. The van der Waals surface area contributed by atoms with Gasteiger partial charge in [-0.1, -0.05) is 6.92 Å². The average Bonchev–Trinajstić information content (AvgIpc) is 2.66. The quantitative estimate of drug-likeness (QED) is 0.715. The standard InChI is InChI=1S/C10H18ClNO2/c1-2-8(11)7-12-10(13)6-9-4-3-5-14-9/h8-9H,2-7H2,1H3,(H,12,13). The van der Waals surface area contributed by atoms with Crippen LogP contribution < -0.4 is 5.32 Å². The largest absolute Gasteiger partial charge is 0.378 e. The van der Waals surface area contributed by atoms with Gasteiger partial charge in [-0.3, -0.25) is 4.79 Å². The number of amides is 1. The predicted molar refractivity (Wildman–Crippen MR) is 56.5 cm³/mol. The van der Waals surface area contributed by atoms with Crippen LogP contribution in [-0.4, -0.2) is 30.5 Å². The molecule has 0 aliphatic carbocycles. The SMILES string of the molecule is CCC(Cl)CNC(=O)CC1CCCO1. The molecule has 0 aromatic heterocycles. The van der Waals surface area contributed by atoms with Gasteiger partial charge in [0.1, 0.15) is 0 Å². The number of carbonyl (C=O) groups is 1. The van der Waals surface area contributed by atoms with Gasteiger partial charge in [0.2, 0.25) is 5.91 Å². The number of ether oxygens (including phenoxy) is 1. The van der Waals surface area contributed by atoms with Crippen molar-refractivity contribution in [2.45, 2.75) is 44.1 Å². The number of alkyl halides is 1. The van der Waals surface area contributed by atoms with Crippen molar-refractivity contribution in [3.05, 3.63) is 0 Å². The highest BCUT2D eigenvalue weighted by Gasteiger charge is 2.18. The van der Waals surface area contributed by atoms with Crippen LogP contribution in [0.4, 0.5) is 0 Å². The molecule has 2 unspecified atom stereocenters. The number of carbonyl (C=O) groups excluding carboxylic acids is 1. The lowest BCUT2D eigenvalue weighted by atomic mass is 10.2. The Bertz CT molecular complexity index is 181. The molecule has 0 aromatic carbocycles. The van der Waals surface area contributed by atoms with Crippen molar-refractivity contribution in [2.24, 2.45) is 0 Å². The van der Waals surface area contributed by atoms with Crippen molar-refractivity contribution < 1.29 is 9.53 Å². The van der Waals surface area contributed by atoms with Gasteiger partial charge in [-0.25, -0.2) is 0 Å². The molecule has 0 saturated carbocycles. The Morgan fingerprint density at radius 1 is 1.71 bits per heavy atom. The third kappa shape index (κ3) is 4.29. The minimum atomic E-state index is 0.0449. The molecule has 0 radical (unpaired) electrons. The molecular formula is C10H18ClNO2. The van der Waals surface area contributed by atoms with Gasteiger partial charge in [0, 0.05) is 13.2 Å². The van der Waals surface area contributed by atoms with Gasteiger partial charge in [-0.05, 0) is 19.3 Å². The zero-order valence-electron chi connectivity index (χ0n) is 8.59. The summed E-state index contributed by atoms with van der Waals surface area (Å²) in [5.74, 6) is 0.0519. The van der Waals surface area contributed by atoms with Crippen LogP contribution in [0.1, 0.15) is 32.6 Å². The summed E-state index contributed by atoms with van der Waals surface area (Å²) >= 11 is 5.88. The van der Waals surface area contributed by atoms with E-state index in [-0.39, 0.29) is 17.4 Å². The van der Waals surface area contributed by atoms with Crippen molar-refractivity contribution >= 4 is 17.5 Å². The molecule has 0 spiro atoms. The van der Waals surface area contributed by atoms with E-state index in [1.807, 2.05) is 6.92 Å². The summed E-state index contributed by atoms with van der Waals surface area (Å²) in [6.07, 6.45) is 3.57. The van der Waals surface area contributed by atoms with Gasteiger partial charge in [0.25, 0.3) is 0 Å². The van der Waals surface area contributed by atoms with Crippen LogP contribution in [0, 0.1) is 0 Å². The Morgan fingerprint density at radius 3 is 3.07 bits per heavy atom. The third-order valence-corrected chi connectivity index (χ3v) is 2.86. The highest BCUT2D eigenvalue weighted by atomic mass is 35.5. The maximum atomic E-state index is 11.4. The first-order valence-electron chi connectivity index (χ1n) is 5.24. The van der Waals surface area contributed by atoms with E-state index in [0.29, 0.717) is 13.0 Å².